The number of likely N-dealkylation sites (tertiary alicyclic amines) is 2. The minimum Gasteiger partial charge on any atom is -0.496 e. The number of ether oxygens (including phenoxy) is 1. The van der Waals surface area contributed by atoms with Crippen LogP contribution in [0.4, 0.5) is 10.1 Å². The van der Waals surface area contributed by atoms with Gasteiger partial charge in [-0.2, -0.15) is 5.10 Å². The quantitative estimate of drug-likeness (QED) is 0.212. The van der Waals surface area contributed by atoms with Crippen molar-refractivity contribution >= 4 is 45.9 Å². The minimum absolute atomic E-state index is 0.125. The van der Waals surface area contributed by atoms with E-state index in [0.29, 0.717) is 77.3 Å². The number of nitrogens with zero attached hydrogens (tertiary/aromatic N) is 4. The van der Waals surface area contributed by atoms with E-state index < -0.39 is 6.04 Å². The second-order valence-electron chi connectivity index (χ2n) is 14.2. The SMILES string of the molecule is COc1cc(-c2cn(C)c(=O)c3[nH]ncc23)cc(F)c1CC1CCN(CC(=O)N2CCC(c3ccc(NC4CCC(=O)NC4=O)cc3Cl)CC2)CC1. The Bertz CT molecular complexity index is 2070. The lowest BCUT2D eigenvalue weighted by atomic mass is 9.88. The number of aromatic nitrogens is 3. The molecular weight excluding hydrogens is 689 g/mol. The number of imide groups is 1. The summed E-state index contributed by atoms with van der Waals surface area (Å²) in [4.78, 5) is 53.5. The first-order valence-electron chi connectivity index (χ1n) is 17.9. The maximum atomic E-state index is 15.7. The molecule has 4 aromatic rings. The normalized spacial score (nSPS) is 19.2. The first-order chi connectivity index (χ1) is 25.1. The molecule has 3 N–H and O–H groups in total. The molecular formula is C38H43ClFN7O5. The molecule has 1 atom stereocenters. The summed E-state index contributed by atoms with van der Waals surface area (Å²) in [6.07, 6.45) is 7.88. The van der Waals surface area contributed by atoms with Crippen LogP contribution in [0.1, 0.15) is 55.6 Å². The molecule has 3 aliphatic heterocycles. The number of amides is 3. The van der Waals surface area contributed by atoms with Gasteiger partial charge < -0.3 is 19.5 Å². The zero-order valence-electron chi connectivity index (χ0n) is 29.3. The molecule has 3 amide bonds. The summed E-state index contributed by atoms with van der Waals surface area (Å²) in [7, 11) is 3.20. The second kappa shape index (κ2) is 15.1. The number of fused-ring (bicyclic) bond motifs is 1. The fraction of sp³-hybridized carbons (Fsp3) is 0.447. The summed E-state index contributed by atoms with van der Waals surface area (Å²) in [6.45, 7) is 3.22. The molecule has 0 spiro atoms. The molecule has 7 rings (SSSR count). The van der Waals surface area contributed by atoms with E-state index in [0.717, 1.165) is 50.0 Å². The number of carbonyl (C=O) groups is 3. The predicted octanol–water partition coefficient (Wildman–Crippen LogP) is 4.61. The molecule has 52 heavy (non-hydrogen) atoms. The van der Waals surface area contributed by atoms with Gasteiger partial charge in [0.1, 0.15) is 23.1 Å². The van der Waals surface area contributed by atoms with Crippen LogP contribution in [0.5, 0.6) is 5.75 Å². The summed E-state index contributed by atoms with van der Waals surface area (Å²) in [5.74, 6) is 0.164. The molecule has 14 heteroatoms. The maximum Gasteiger partial charge on any atom is 0.276 e. The van der Waals surface area contributed by atoms with E-state index >= 15 is 4.39 Å². The molecule has 3 fully saturated rings. The van der Waals surface area contributed by atoms with Gasteiger partial charge in [0.25, 0.3) is 5.56 Å². The van der Waals surface area contributed by atoms with Crippen LogP contribution in [0.15, 0.2) is 47.5 Å². The monoisotopic (exact) mass is 731 g/mol. The number of halogens is 2. The Hall–Kier alpha value is -4.75. The number of carbonyl (C=O) groups excluding carboxylic acids is 3. The molecule has 1 unspecified atom stereocenters. The van der Waals surface area contributed by atoms with Crippen LogP contribution < -0.4 is 20.9 Å². The number of hydrogen-bond acceptors (Lipinski definition) is 8. The highest BCUT2D eigenvalue weighted by molar-refractivity contribution is 6.31. The van der Waals surface area contributed by atoms with Gasteiger partial charge in [0.15, 0.2) is 0 Å². The van der Waals surface area contributed by atoms with Gasteiger partial charge in [-0.25, -0.2) is 4.39 Å². The predicted molar refractivity (Wildman–Crippen MR) is 196 cm³/mol. The van der Waals surface area contributed by atoms with Crippen molar-refractivity contribution in [3.63, 3.8) is 0 Å². The Morgan fingerprint density at radius 3 is 2.54 bits per heavy atom. The number of aryl methyl sites for hydroxylation is 1. The largest absolute Gasteiger partial charge is 0.496 e. The number of H-pyrrole nitrogens is 1. The third-order valence-electron chi connectivity index (χ3n) is 10.9. The van der Waals surface area contributed by atoms with E-state index in [9.17, 15) is 19.2 Å². The summed E-state index contributed by atoms with van der Waals surface area (Å²) >= 11 is 6.69. The van der Waals surface area contributed by atoms with E-state index in [4.69, 9.17) is 16.3 Å². The Labute approximate surface area is 305 Å². The first-order valence-corrected chi connectivity index (χ1v) is 18.2. The van der Waals surface area contributed by atoms with Crippen LogP contribution in [0, 0.1) is 11.7 Å². The number of benzene rings is 2. The van der Waals surface area contributed by atoms with Gasteiger partial charge in [-0.15, -0.1) is 0 Å². The van der Waals surface area contributed by atoms with Gasteiger partial charge >= 0.3 is 0 Å². The van der Waals surface area contributed by atoms with Gasteiger partial charge in [-0.3, -0.25) is 34.5 Å². The van der Waals surface area contributed by atoms with Crippen molar-refractivity contribution in [2.45, 2.75) is 56.9 Å². The third kappa shape index (κ3) is 7.42. The van der Waals surface area contributed by atoms with Gasteiger partial charge in [0, 0.05) is 60.0 Å². The van der Waals surface area contributed by atoms with E-state index in [1.807, 2.05) is 29.2 Å². The molecule has 3 saturated heterocycles. The number of piperidine rings is 3. The standard InChI is InChI=1S/C38H43ClFN7O5/c1-45-20-29(28-19-41-44-36(28)38(45)51)24-16-31(40)27(33(17-24)52-2)15-22-7-11-46(12-8-22)21-35(49)47-13-9-23(10-14-47)26-4-3-25(18-30(26)39)42-32-5-6-34(48)43-37(32)50/h3-4,16-20,22-23,32,42H,5-15,21H2,1-2H3,(H,41,44)(H,43,48,50). The Balaban J connectivity index is 0.896. The van der Waals surface area contributed by atoms with Gasteiger partial charge in [-0.1, -0.05) is 17.7 Å². The second-order valence-corrected chi connectivity index (χ2v) is 14.6. The van der Waals surface area contributed by atoms with Crippen molar-refractivity contribution in [2.75, 3.05) is 45.2 Å². The van der Waals surface area contributed by atoms with Crippen LogP contribution in [0.3, 0.4) is 0 Å². The van der Waals surface area contributed by atoms with Gasteiger partial charge in [0.05, 0.1) is 19.9 Å². The molecule has 12 nitrogen and oxygen atoms in total. The van der Waals surface area contributed by atoms with Crippen molar-refractivity contribution in [3.8, 4) is 16.9 Å². The summed E-state index contributed by atoms with van der Waals surface area (Å²) in [5.41, 5.74) is 3.77. The van der Waals surface area contributed by atoms with E-state index in [2.05, 4.69) is 25.7 Å². The van der Waals surface area contributed by atoms with Crippen molar-refractivity contribution in [2.24, 2.45) is 13.0 Å². The number of aromatic amines is 1. The van der Waals surface area contributed by atoms with E-state index in [1.165, 1.54) is 10.6 Å². The van der Waals surface area contributed by atoms with Crippen LogP contribution in [-0.4, -0.2) is 88.2 Å². The minimum atomic E-state index is -0.473. The zero-order valence-corrected chi connectivity index (χ0v) is 30.1. The van der Waals surface area contributed by atoms with Crippen LogP contribution >= 0.6 is 11.6 Å². The van der Waals surface area contributed by atoms with Crippen molar-refractivity contribution in [1.82, 2.24) is 29.9 Å². The number of anilines is 1. The lowest BCUT2D eigenvalue weighted by molar-refractivity contribution is -0.134. The highest BCUT2D eigenvalue weighted by atomic mass is 35.5. The topological polar surface area (TPSA) is 142 Å². The molecule has 5 heterocycles. The molecule has 274 valence electrons. The number of methoxy groups -OCH3 is 1. The van der Waals surface area contributed by atoms with Crippen molar-refractivity contribution < 1.29 is 23.5 Å². The zero-order chi connectivity index (χ0) is 36.5. The number of rotatable bonds is 9. The Kier molecular flexibility index (Phi) is 10.3. The number of hydrogen-bond donors (Lipinski definition) is 3. The van der Waals surface area contributed by atoms with Crippen molar-refractivity contribution in [1.29, 1.82) is 0 Å². The fourth-order valence-electron chi connectivity index (χ4n) is 7.88. The molecule has 3 aliphatic rings. The number of nitrogens with one attached hydrogen (secondary N) is 3. The average molecular weight is 732 g/mol. The summed E-state index contributed by atoms with van der Waals surface area (Å²) in [6, 6.07) is 8.59. The smallest absolute Gasteiger partial charge is 0.276 e. The molecule has 0 radical (unpaired) electrons. The third-order valence-corrected chi connectivity index (χ3v) is 11.2. The molecule has 0 bridgehead atoms. The summed E-state index contributed by atoms with van der Waals surface area (Å²) in [5, 5.41) is 13.6. The van der Waals surface area contributed by atoms with E-state index in [-0.39, 0.29) is 40.9 Å². The maximum absolute atomic E-state index is 15.7. The summed E-state index contributed by atoms with van der Waals surface area (Å²) < 4.78 is 22.9. The molecule has 2 aromatic heterocycles. The van der Waals surface area contributed by atoms with Gasteiger partial charge in [-0.05, 0) is 98.8 Å². The fourth-order valence-corrected chi connectivity index (χ4v) is 8.21. The van der Waals surface area contributed by atoms with Gasteiger partial charge in [0.2, 0.25) is 17.7 Å². The molecule has 0 aliphatic carbocycles. The Morgan fingerprint density at radius 2 is 1.83 bits per heavy atom. The lowest BCUT2D eigenvalue weighted by Gasteiger charge is -2.36. The van der Waals surface area contributed by atoms with Crippen LogP contribution in [0.2, 0.25) is 5.02 Å². The van der Waals surface area contributed by atoms with E-state index in [1.54, 1.807) is 26.6 Å². The first kappa shape index (κ1) is 35.6. The number of pyridine rings is 1. The lowest BCUT2D eigenvalue weighted by Crippen LogP contribution is -2.47. The highest BCUT2D eigenvalue weighted by Crippen LogP contribution is 2.37. The average Bonchev–Trinajstić information content (AvgIpc) is 3.63. The molecule has 2 aromatic carbocycles. The van der Waals surface area contributed by atoms with Crippen molar-refractivity contribution in [3.05, 3.63) is 75.0 Å². The van der Waals surface area contributed by atoms with Crippen LogP contribution in [-0.2, 0) is 27.9 Å². The molecule has 0 saturated carbocycles. The Morgan fingerprint density at radius 1 is 1.06 bits per heavy atom. The van der Waals surface area contributed by atoms with Crippen LogP contribution in [0.25, 0.3) is 22.0 Å². The highest BCUT2D eigenvalue weighted by Gasteiger charge is 2.30.